The van der Waals surface area contributed by atoms with Crippen molar-refractivity contribution in [3.05, 3.63) is 47.1 Å². The molecule has 22 heavy (non-hydrogen) atoms. The molecule has 1 saturated heterocycles. The Morgan fingerprint density at radius 2 is 2.32 bits per heavy atom. The van der Waals surface area contributed by atoms with E-state index in [0.717, 1.165) is 19.3 Å². The minimum Gasteiger partial charge on any atom is -0.337 e. The number of aromatic nitrogens is 2. The normalized spacial score (nSPS) is 18.0. The van der Waals surface area contributed by atoms with E-state index < -0.39 is 0 Å². The molecule has 0 bridgehead atoms. The second-order valence-corrected chi connectivity index (χ2v) is 5.38. The Bertz CT molecular complexity index is 732. The first-order valence-electron chi connectivity index (χ1n) is 7.30. The van der Waals surface area contributed by atoms with Crippen LogP contribution in [-0.4, -0.2) is 27.5 Å². The Balaban J connectivity index is 1.90. The van der Waals surface area contributed by atoms with Crippen LogP contribution in [0.1, 0.15) is 52.9 Å². The fourth-order valence-electron chi connectivity index (χ4n) is 2.77. The van der Waals surface area contributed by atoms with Gasteiger partial charge in [0.15, 0.2) is 5.82 Å². The van der Waals surface area contributed by atoms with Gasteiger partial charge in [0.05, 0.1) is 11.6 Å². The number of nitrogens with zero attached hydrogens (tertiary/aromatic N) is 4. The molecule has 1 aliphatic rings. The zero-order valence-electron chi connectivity index (χ0n) is 12.3. The summed E-state index contributed by atoms with van der Waals surface area (Å²) in [6.45, 7) is 2.42. The molecule has 0 spiro atoms. The van der Waals surface area contributed by atoms with Gasteiger partial charge in [-0.15, -0.1) is 0 Å². The summed E-state index contributed by atoms with van der Waals surface area (Å²) >= 11 is 0. The maximum Gasteiger partial charge on any atom is 0.254 e. The fourth-order valence-corrected chi connectivity index (χ4v) is 2.77. The minimum atomic E-state index is -0.187. The molecule has 1 aromatic heterocycles. The first-order valence-corrected chi connectivity index (χ1v) is 7.30. The van der Waals surface area contributed by atoms with Crippen molar-refractivity contribution >= 4 is 5.91 Å². The molecule has 1 fully saturated rings. The van der Waals surface area contributed by atoms with Gasteiger partial charge in [0.2, 0.25) is 5.89 Å². The van der Waals surface area contributed by atoms with Crippen molar-refractivity contribution in [1.29, 1.82) is 5.26 Å². The van der Waals surface area contributed by atoms with Gasteiger partial charge < -0.3 is 9.42 Å². The fraction of sp³-hybridized carbons (Fsp3) is 0.375. The van der Waals surface area contributed by atoms with E-state index in [4.69, 9.17) is 9.78 Å². The lowest BCUT2D eigenvalue weighted by molar-refractivity contribution is 0.0561. The summed E-state index contributed by atoms with van der Waals surface area (Å²) in [6.07, 6.45) is 2.78. The third kappa shape index (κ3) is 2.70. The number of hydrogen-bond acceptors (Lipinski definition) is 5. The summed E-state index contributed by atoms with van der Waals surface area (Å²) in [7, 11) is 0. The number of piperidine rings is 1. The first-order chi connectivity index (χ1) is 10.7. The molecule has 1 atom stereocenters. The number of carbonyl (C=O) groups is 1. The molecule has 0 saturated carbocycles. The van der Waals surface area contributed by atoms with Crippen LogP contribution in [0.4, 0.5) is 0 Å². The Hall–Kier alpha value is -2.68. The molecule has 1 aromatic carbocycles. The van der Waals surface area contributed by atoms with E-state index in [9.17, 15) is 4.79 Å². The Morgan fingerprint density at radius 1 is 1.45 bits per heavy atom. The summed E-state index contributed by atoms with van der Waals surface area (Å²) < 4.78 is 5.26. The molecule has 6 heteroatoms. The lowest BCUT2D eigenvalue weighted by Gasteiger charge is -2.33. The molecule has 0 unspecified atom stereocenters. The second kappa shape index (κ2) is 5.98. The Kier molecular flexibility index (Phi) is 3.88. The van der Waals surface area contributed by atoms with Crippen molar-refractivity contribution in [2.75, 3.05) is 6.54 Å². The van der Waals surface area contributed by atoms with Gasteiger partial charge in [-0.2, -0.15) is 10.2 Å². The zero-order valence-corrected chi connectivity index (χ0v) is 12.3. The van der Waals surface area contributed by atoms with Crippen LogP contribution < -0.4 is 0 Å². The maximum absolute atomic E-state index is 12.8. The van der Waals surface area contributed by atoms with E-state index in [0.29, 0.717) is 29.4 Å². The number of rotatable bonds is 2. The average molecular weight is 296 g/mol. The third-order valence-electron chi connectivity index (χ3n) is 3.83. The standard InChI is InChI=1S/C16H16N4O2/c1-11-18-15(22-19-11)14-7-2-3-8-20(14)16(21)13-6-4-5-12(9-13)10-17/h4-6,9,14H,2-3,7-8H2,1H3/t14-/m0/s1. The number of carbonyl (C=O) groups excluding carboxylic acids is 1. The molecule has 1 amide bonds. The number of benzene rings is 1. The number of hydrogen-bond donors (Lipinski definition) is 0. The third-order valence-corrected chi connectivity index (χ3v) is 3.83. The molecule has 0 N–H and O–H groups in total. The first kappa shape index (κ1) is 14.3. The van der Waals surface area contributed by atoms with Gasteiger partial charge in [-0.3, -0.25) is 4.79 Å². The predicted molar refractivity (Wildman–Crippen MR) is 77.8 cm³/mol. The van der Waals surface area contributed by atoms with Crippen molar-refractivity contribution < 1.29 is 9.32 Å². The van der Waals surface area contributed by atoms with Gasteiger partial charge in [0.1, 0.15) is 6.04 Å². The summed E-state index contributed by atoms with van der Waals surface area (Å²) in [6, 6.07) is 8.63. The summed E-state index contributed by atoms with van der Waals surface area (Å²) in [4.78, 5) is 18.8. The van der Waals surface area contributed by atoms with E-state index in [1.54, 1.807) is 36.1 Å². The lowest BCUT2D eigenvalue weighted by Crippen LogP contribution is -2.38. The highest BCUT2D eigenvalue weighted by Crippen LogP contribution is 2.31. The molecule has 1 aliphatic heterocycles. The molecule has 2 heterocycles. The van der Waals surface area contributed by atoms with Gasteiger partial charge in [0, 0.05) is 12.1 Å². The molecular weight excluding hydrogens is 280 g/mol. The van der Waals surface area contributed by atoms with E-state index in [-0.39, 0.29) is 11.9 Å². The maximum atomic E-state index is 12.8. The highest BCUT2D eigenvalue weighted by atomic mass is 16.5. The van der Waals surface area contributed by atoms with Gasteiger partial charge in [-0.1, -0.05) is 11.2 Å². The van der Waals surface area contributed by atoms with Crippen molar-refractivity contribution in [1.82, 2.24) is 15.0 Å². The SMILES string of the molecule is Cc1noc([C@@H]2CCCCN2C(=O)c2cccc(C#N)c2)n1. The van der Waals surface area contributed by atoms with Crippen LogP contribution in [-0.2, 0) is 0 Å². The summed E-state index contributed by atoms with van der Waals surface area (Å²) in [5.41, 5.74) is 0.996. The van der Waals surface area contributed by atoms with Crippen LogP contribution in [0.25, 0.3) is 0 Å². The smallest absolute Gasteiger partial charge is 0.254 e. The molecule has 3 rings (SSSR count). The van der Waals surface area contributed by atoms with E-state index in [1.165, 1.54) is 0 Å². The van der Waals surface area contributed by atoms with Gasteiger partial charge in [-0.05, 0) is 44.4 Å². The minimum absolute atomic E-state index is 0.0994. The van der Waals surface area contributed by atoms with E-state index in [2.05, 4.69) is 16.2 Å². The van der Waals surface area contributed by atoms with Gasteiger partial charge in [0.25, 0.3) is 5.91 Å². The predicted octanol–water partition coefficient (Wildman–Crippen LogP) is 2.62. The molecule has 0 aliphatic carbocycles. The summed E-state index contributed by atoms with van der Waals surface area (Å²) in [5, 5.41) is 12.8. The molecule has 6 nitrogen and oxygen atoms in total. The van der Waals surface area contributed by atoms with Crippen LogP contribution in [0, 0.1) is 18.3 Å². The lowest BCUT2D eigenvalue weighted by atomic mass is 10.00. The van der Waals surface area contributed by atoms with Crippen molar-refractivity contribution in [2.24, 2.45) is 0 Å². The molecule has 0 radical (unpaired) electrons. The van der Waals surface area contributed by atoms with Gasteiger partial charge in [-0.25, -0.2) is 0 Å². The van der Waals surface area contributed by atoms with Crippen LogP contribution in [0.15, 0.2) is 28.8 Å². The average Bonchev–Trinajstić information content (AvgIpc) is 3.00. The highest BCUT2D eigenvalue weighted by Gasteiger charge is 2.32. The number of likely N-dealkylation sites (tertiary alicyclic amines) is 1. The van der Waals surface area contributed by atoms with Crippen molar-refractivity contribution in [3.8, 4) is 6.07 Å². The van der Waals surface area contributed by atoms with Gasteiger partial charge >= 0.3 is 0 Å². The van der Waals surface area contributed by atoms with Crippen LogP contribution in [0.5, 0.6) is 0 Å². The number of amides is 1. The highest BCUT2D eigenvalue weighted by molar-refractivity contribution is 5.94. The van der Waals surface area contributed by atoms with E-state index >= 15 is 0 Å². The Labute approximate surface area is 128 Å². The molecule has 2 aromatic rings. The van der Waals surface area contributed by atoms with Crippen LogP contribution in [0.2, 0.25) is 0 Å². The van der Waals surface area contributed by atoms with Crippen molar-refractivity contribution in [2.45, 2.75) is 32.2 Å². The van der Waals surface area contributed by atoms with Crippen LogP contribution in [0.3, 0.4) is 0 Å². The van der Waals surface area contributed by atoms with E-state index in [1.807, 2.05) is 0 Å². The molecular formula is C16H16N4O2. The Morgan fingerprint density at radius 3 is 3.05 bits per heavy atom. The molecule has 112 valence electrons. The number of aryl methyl sites for hydroxylation is 1. The van der Waals surface area contributed by atoms with Crippen molar-refractivity contribution in [3.63, 3.8) is 0 Å². The summed E-state index contributed by atoms with van der Waals surface area (Å²) in [5.74, 6) is 0.957. The monoisotopic (exact) mass is 296 g/mol. The number of nitriles is 1. The largest absolute Gasteiger partial charge is 0.337 e. The van der Waals surface area contributed by atoms with Crippen LogP contribution >= 0.6 is 0 Å². The zero-order chi connectivity index (χ0) is 15.5. The topological polar surface area (TPSA) is 83.0 Å². The quantitative estimate of drug-likeness (QED) is 0.850. The second-order valence-electron chi connectivity index (χ2n) is 5.38.